The van der Waals surface area contributed by atoms with Crippen LogP contribution in [-0.4, -0.2) is 54.6 Å². The molecule has 0 unspecified atom stereocenters. The summed E-state index contributed by atoms with van der Waals surface area (Å²) in [7, 11) is 0. The second-order valence-electron chi connectivity index (χ2n) is 6.50. The maximum Gasteiger partial charge on any atom is 0.410 e. The van der Waals surface area contributed by atoms with Crippen molar-refractivity contribution in [1.29, 1.82) is 0 Å². The highest BCUT2D eigenvalue weighted by atomic mass is 19.3. The second-order valence-corrected chi connectivity index (χ2v) is 6.50. The molecule has 22 heavy (non-hydrogen) atoms. The van der Waals surface area contributed by atoms with E-state index in [1.165, 1.54) is 4.90 Å². The molecule has 128 valence electrons. The van der Waals surface area contributed by atoms with Gasteiger partial charge in [-0.05, 0) is 33.6 Å². The largest absolute Gasteiger partial charge is 0.444 e. The molecule has 1 fully saturated rings. The first kappa shape index (κ1) is 18.8. The summed E-state index contributed by atoms with van der Waals surface area (Å²) < 4.78 is 36.9. The average molecular weight is 321 g/mol. The maximum absolute atomic E-state index is 13.3. The van der Waals surface area contributed by atoms with E-state index in [0.29, 0.717) is 6.29 Å². The van der Waals surface area contributed by atoms with Gasteiger partial charge in [-0.1, -0.05) is 0 Å². The number of hydrogen-bond acceptors (Lipinski definition) is 4. The molecule has 1 rings (SSSR count). The van der Waals surface area contributed by atoms with E-state index in [9.17, 15) is 18.4 Å². The van der Waals surface area contributed by atoms with Gasteiger partial charge in [0.15, 0.2) is 0 Å². The number of rotatable bonds is 6. The Kier molecular flexibility index (Phi) is 6.71. The van der Waals surface area contributed by atoms with Gasteiger partial charge in [-0.2, -0.15) is 0 Å². The van der Waals surface area contributed by atoms with Gasteiger partial charge < -0.3 is 19.2 Å². The summed E-state index contributed by atoms with van der Waals surface area (Å²) in [4.78, 5) is 24.0. The molecule has 1 aliphatic rings. The number of hydrogen-bond donors (Lipinski definition) is 0. The Morgan fingerprint density at radius 1 is 1.32 bits per heavy atom. The predicted molar refractivity (Wildman–Crippen MR) is 77.0 cm³/mol. The van der Waals surface area contributed by atoms with Crippen molar-refractivity contribution < 1.29 is 27.8 Å². The third kappa shape index (κ3) is 6.68. The molecule has 1 amide bonds. The third-order valence-corrected chi connectivity index (χ3v) is 3.42. The molecule has 0 atom stereocenters. The van der Waals surface area contributed by atoms with Gasteiger partial charge in [-0.15, -0.1) is 0 Å². The molecule has 7 heteroatoms. The highest BCUT2D eigenvalue weighted by Crippen LogP contribution is 2.35. The average Bonchev–Trinajstić information content (AvgIpc) is 2.37. The number of alkyl halides is 2. The van der Waals surface area contributed by atoms with Gasteiger partial charge in [0.05, 0.1) is 6.61 Å². The van der Waals surface area contributed by atoms with E-state index >= 15 is 0 Å². The van der Waals surface area contributed by atoms with Crippen LogP contribution in [-0.2, 0) is 14.3 Å². The highest BCUT2D eigenvalue weighted by Gasteiger charge is 2.39. The first-order valence-electron chi connectivity index (χ1n) is 7.53. The molecule has 0 aromatic rings. The van der Waals surface area contributed by atoms with Crippen LogP contribution in [0.15, 0.2) is 0 Å². The van der Waals surface area contributed by atoms with Crippen LogP contribution in [0.2, 0.25) is 0 Å². The zero-order valence-electron chi connectivity index (χ0n) is 13.4. The fourth-order valence-corrected chi connectivity index (χ4v) is 2.37. The lowest BCUT2D eigenvalue weighted by Gasteiger charge is -2.37. The summed E-state index contributed by atoms with van der Waals surface area (Å²) in [6.45, 7) is 5.59. The Balaban J connectivity index is 2.65. The van der Waals surface area contributed by atoms with Crippen LogP contribution in [0, 0.1) is 0 Å². The summed E-state index contributed by atoms with van der Waals surface area (Å²) in [5, 5.41) is 0. The zero-order valence-corrected chi connectivity index (χ0v) is 13.4. The lowest BCUT2D eigenvalue weighted by atomic mass is 9.91. The smallest absolute Gasteiger partial charge is 0.410 e. The Labute approximate surface area is 129 Å². The van der Waals surface area contributed by atoms with E-state index in [2.05, 4.69) is 0 Å². The van der Waals surface area contributed by atoms with E-state index in [4.69, 9.17) is 9.47 Å². The lowest BCUT2D eigenvalue weighted by molar-refractivity contribution is -0.112. The Morgan fingerprint density at radius 3 is 2.41 bits per heavy atom. The van der Waals surface area contributed by atoms with Crippen LogP contribution < -0.4 is 0 Å². The van der Waals surface area contributed by atoms with Crippen LogP contribution in [0.3, 0.4) is 0 Å². The standard InChI is InChI=1S/C15H25F2NO4/c1-14(2,3)22-13(20)18(8-10-21-11-9-19)12-4-6-15(16,17)7-5-12/h9,12H,4-8,10-11H2,1-3H3. The van der Waals surface area contributed by atoms with Crippen LogP contribution in [0.4, 0.5) is 13.6 Å². The molecule has 0 heterocycles. The van der Waals surface area contributed by atoms with Crippen molar-refractivity contribution in [3.63, 3.8) is 0 Å². The summed E-state index contributed by atoms with van der Waals surface area (Å²) >= 11 is 0. The van der Waals surface area contributed by atoms with Gasteiger partial charge >= 0.3 is 6.09 Å². The lowest BCUT2D eigenvalue weighted by Crippen LogP contribution is -2.47. The number of nitrogens with zero attached hydrogens (tertiary/aromatic N) is 1. The topological polar surface area (TPSA) is 55.8 Å². The quantitative estimate of drug-likeness (QED) is 0.557. The van der Waals surface area contributed by atoms with Gasteiger partial charge in [-0.3, -0.25) is 0 Å². The first-order chi connectivity index (χ1) is 10.1. The molecule has 0 bridgehead atoms. The van der Waals surface area contributed by atoms with Crippen molar-refractivity contribution in [2.24, 2.45) is 0 Å². The molecular weight excluding hydrogens is 296 g/mol. The minimum absolute atomic E-state index is 0.0507. The Hall–Kier alpha value is -1.24. The number of amides is 1. The van der Waals surface area contributed by atoms with Crippen LogP contribution >= 0.6 is 0 Å². The summed E-state index contributed by atoms with van der Waals surface area (Å²) in [6.07, 6.45) is 0.106. The summed E-state index contributed by atoms with van der Waals surface area (Å²) in [6, 6.07) is -0.283. The first-order valence-corrected chi connectivity index (χ1v) is 7.53. The second kappa shape index (κ2) is 7.85. The number of halogens is 2. The fraction of sp³-hybridized carbons (Fsp3) is 0.867. The normalized spacial score (nSPS) is 18.8. The minimum Gasteiger partial charge on any atom is -0.444 e. The number of carbonyl (C=O) groups is 2. The highest BCUT2D eigenvalue weighted by molar-refractivity contribution is 5.68. The molecular formula is C15H25F2NO4. The molecule has 5 nitrogen and oxygen atoms in total. The molecule has 0 spiro atoms. The molecule has 0 N–H and O–H groups in total. The van der Waals surface area contributed by atoms with Crippen molar-refractivity contribution >= 4 is 12.4 Å². The van der Waals surface area contributed by atoms with Crippen LogP contribution in [0.1, 0.15) is 46.5 Å². The molecule has 0 aromatic carbocycles. The maximum atomic E-state index is 13.3. The van der Waals surface area contributed by atoms with E-state index in [0.717, 1.165) is 0 Å². The van der Waals surface area contributed by atoms with Crippen molar-refractivity contribution in [2.75, 3.05) is 19.8 Å². The van der Waals surface area contributed by atoms with Gasteiger partial charge in [0.1, 0.15) is 18.5 Å². The van der Waals surface area contributed by atoms with Gasteiger partial charge in [-0.25, -0.2) is 13.6 Å². The van der Waals surface area contributed by atoms with Crippen molar-refractivity contribution in [3.8, 4) is 0 Å². The molecule has 0 aliphatic heterocycles. The van der Waals surface area contributed by atoms with Crippen molar-refractivity contribution in [1.82, 2.24) is 4.90 Å². The van der Waals surface area contributed by atoms with Crippen molar-refractivity contribution in [2.45, 2.75) is 64.0 Å². The van der Waals surface area contributed by atoms with Crippen LogP contribution in [0.25, 0.3) is 0 Å². The van der Waals surface area contributed by atoms with Crippen LogP contribution in [0.5, 0.6) is 0 Å². The zero-order chi connectivity index (χ0) is 16.8. The number of ether oxygens (including phenoxy) is 2. The molecule has 1 aliphatic carbocycles. The van der Waals surface area contributed by atoms with Gasteiger partial charge in [0.25, 0.3) is 0 Å². The van der Waals surface area contributed by atoms with E-state index in [1.54, 1.807) is 20.8 Å². The van der Waals surface area contributed by atoms with E-state index < -0.39 is 17.6 Å². The van der Waals surface area contributed by atoms with Crippen molar-refractivity contribution in [3.05, 3.63) is 0 Å². The fourth-order valence-electron chi connectivity index (χ4n) is 2.37. The van der Waals surface area contributed by atoms with Gasteiger partial charge in [0, 0.05) is 25.4 Å². The predicted octanol–water partition coefficient (Wildman–Crippen LogP) is 3.02. The van der Waals surface area contributed by atoms with E-state index in [1.807, 2.05) is 0 Å². The molecule has 0 saturated heterocycles. The Bertz CT molecular complexity index is 372. The SMILES string of the molecule is CC(C)(C)OC(=O)N(CCOCC=O)C1CCC(F)(F)CC1. The number of aldehydes is 1. The summed E-state index contributed by atoms with van der Waals surface area (Å²) in [5.74, 6) is -2.65. The molecule has 0 aromatic heterocycles. The van der Waals surface area contributed by atoms with E-state index in [-0.39, 0.29) is 51.5 Å². The molecule has 0 radical (unpaired) electrons. The Morgan fingerprint density at radius 2 is 1.91 bits per heavy atom. The monoisotopic (exact) mass is 321 g/mol. The summed E-state index contributed by atoms with van der Waals surface area (Å²) in [5.41, 5.74) is -0.655. The molecule has 1 saturated carbocycles. The third-order valence-electron chi connectivity index (χ3n) is 3.42. The van der Waals surface area contributed by atoms with Gasteiger partial charge in [0.2, 0.25) is 5.92 Å². The minimum atomic E-state index is -2.65. The number of carbonyl (C=O) groups excluding carboxylic acids is 2.